The lowest BCUT2D eigenvalue weighted by Crippen LogP contribution is -2.06. The van der Waals surface area contributed by atoms with Crippen molar-refractivity contribution in [2.24, 2.45) is 0 Å². The zero-order valence-electron chi connectivity index (χ0n) is 12.2. The van der Waals surface area contributed by atoms with E-state index in [1.165, 1.54) is 0 Å². The van der Waals surface area contributed by atoms with Crippen LogP contribution in [0.5, 0.6) is 5.75 Å². The van der Waals surface area contributed by atoms with Gasteiger partial charge >= 0.3 is 0 Å². The average molecular weight is 337 g/mol. The van der Waals surface area contributed by atoms with Gasteiger partial charge in [-0.2, -0.15) is 0 Å². The summed E-state index contributed by atoms with van der Waals surface area (Å²) in [5.41, 5.74) is 10.6. The van der Waals surface area contributed by atoms with E-state index in [0.29, 0.717) is 17.3 Å². The molecule has 0 spiro atoms. The molecule has 1 heterocycles. The lowest BCUT2D eigenvalue weighted by atomic mass is 9.96. The maximum Gasteiger partial charge on any atom is 0.154 e. The first-order chi connectivity index (χ1) is 9.38. The third-order valence-electron chi connectivity index (χ3n) is 3.42. The molecule has 0 fully saturated rings. The Morgan fingerprint density at radius 1 is 1.00 bits per heavy atom. The van der Waals surface area contributed by atoms with Crippen LogP contribution in [0.4, 0.5) is 5.82 Å². The molecule has 1 aromatic heterocycles. The van der Waals surface area contributed by atoms with Gasteiger partial charge in [0.05, 0.1) is 12.7 Å². The number of benzene rings is 1. The second-order valence-electron chi connectivity index (χ2n) is 4.69. The number of nitrogens with two attached hydrogens (primary N) is 1. The smallest absolute Gasteiger partial charge is 0.154 e. The van der Waals surface area contributed by atoms with Gasteiger partial charge in [0, 0.05) is 4.47 Å². The Bertz CT molecular complexity index is 686. The summed E-state index contributed by atoms with van der Waals surface area (Å²) in [5, 5.41) is 8.19. The first-order valence-electron chi connectivity index (χ1n) is 6.18. The lowest BCUT2D eigenvalue weighted by molar-refractivity contribution is 0.412. The Labute approximate surface area is 126 Å². The fraction of sp³-hybridized carbons (Fsp3) is 0.357. The topological polar surface area (TPSA) is 73.9 Å². The van der Waals surface area contributed by atoms with Crippen LogP contribution in [0.1, 0.15) is 22.5 Å². The zero-order chi connectivity index (χ0) is 15.0. The summed E-state index contributed by atoms with van der Waals surface area (Å²) in [6.07, 6.45) is 0. The second-order valence-corrected chi connectivity index (χ2v) is 5.48. The highest BCUT2D eigenvalue weighted by atomic mass is 79.9. The molecular weight excluding hydrogens is 320 g/mol. The maximum atomic E-state index is 6.00. The molecule has 0 aliphatic heterocycles. The molecule has 0 saturated heterocycles. The van der Waals surface area contributed by atoms with Crippen molar-refractivity contribution in [2.45, 2.75) is 27.7 Å². The number of hydrogen-bond acceptors (Lipinski definition) is 5. The monoisotopic (exact) mass is 336 g/mol. The molecule has 0 saturated carbocycles. The minimum atomic E-state index is 0.356. The van der Waals surface area contributed by atoms with E-state index in [0.717, 1.165) is 32.5 Å². The van der Waals surface area contributed by atoms with Crippen molar-refractivity contribution in [1.82, 2.24) is 15.2 Å². The number of rotatable bonds is 2. The second kappa shape index (κ2) is 5.36. The van der Waals surface area contributed by atoms with E-state index in [-0.39, 0.29) is 0 Å². The van der Waals surface area contributed by atoms with E-state index in [1.807, 2.05) is 20.8 Å². The molecule has 2 aromatic rings. The Balaban J connectivity index is 2.86. The van der Waals surface area contributed by atoms with Gasteiger partial charge in [-0.05, 0) is 44.4 Å². The number of anilines is 1. The molecule has 2 rings (SSSR count). The Morgan fingerprint density at radius 3 is 2.20 bits per heavy atom. The van der Waals surface area contributed by atoms with Crippen LogP contribution in [-0.4, -0.2) is 22.3 Å². The van der Waals surface area contributed by atoms with Crippen molar-refractivity contribution in [3.8, 4) is 17.0 Å². The Morgan fingerprint density at radius 2 is 1.65 bits per heavy atom. The Kier molecular flexibility index (Phi) is 3.94. The van der Waals surface area contributed by atoms with Gasteiger partial charge in [-0.1, -0.05) is 15.9 Å². The first kappa shape index (κ1) is 14.7. The molecule has 5 nitrogen and oxygen atoms in total. The molecule has 0 amide bonds. The highest BCUT2D eigenvalue weighted by molar-refractivity contribution is 9.10. The standard InChI is InChI=1S/C14H17BrN4O/c1-6-7(2)13(20-5)10(8(3)11(6)15)12-14(16)17-9(4)18-19-12/h1-5H3,(H2,16,17,18). The van der Waals surface area contributed by atoms with Crippen molar-refractivity contribution in [3.63, 3.8) is 0 Å². The number of aromatic nitrogens is 3. The molecule has 0 bridgehead atoms. The van der Waals surface area contributed by atoms with Crippen LogP contribution >= 0.6 is 15.9 Å². The fourth-order valence-corrected chi connectivity index (χ4v) is 2.72. The molecule has 0 unspecified atom stereocenters. The first-order valence-corrected chi connectivity index (χ1v) is 6.98. The summed E-state index contributed by atoms with van der Waals surface area (Å²) in [4.78, 5) is 4.18. The summed E-state index contributed by atoms with van der Waals surface area (Å²) >= 11 is 3.62. The highest BCUT2D eigenvalue weighted by Crippen LogP contribution is 2.42. The minimum absolute atomic E-state index is 0.356. The molecular formula is C14H17BrN4O. The maximum absolute atomic E-state index is 6.00. The van der Waals surface area contributed by atoms with Crippen molar-refractivity contribution >= 4 is 21.7 Å². The number of aryl methyl sites for hydroxylation is 1. The normalized spacial score (nSPS) is 10.7. The predicted octanol–water partition coefficient (Wildman–Crippen LogP) is 3.13. The molecule has 0 radical (unpaired) electrons. The van der Waals surface area contributed by atoms with Gasteiger partial charge in [0.25, 0.3) is 0 Å². The molecule has 20 heavy (non-hydrogen) atoms. The van der Waals surface area contributed by atoms with Gasteiger partial charge in [0.15, 0.2) is 5.82 Å². The van der Waals surface area contributed by atoms with Crippen LogP contribution in [-0.2, 0) is 0 Å². The molecule has 106 valence electrons. The summed E-state index contributed by atoms with van der Waals surface area (Å²) in [5.74, 6) is 1.66. The number of ether oxygens (including phenoxy) is 1. The van der Waals surface area contributed by atoms with E-state index in [1.54, 1.807) is 14.0 Å². The Hall–Kier alpha value is -1.69. The van der Waals surface area contributed by atoms with Crippen LogP contribution in [0.3, 0.4) is 0 Å². The van der Waals surface area contributed by atoms with Crippen LogP contribution in [0.15, 0.2) is 4.47 Å². The quantitative estimate of drug-likeness (QED) is 0.911. The average Bonchev–Trinajstić information content (AvgIpc) is 2.41. The van der Waals surface area contributed by atoms with Crippen LogP contribution in [0.2, 0.25) is 0 Å². The predicted molar refractivity (Wildman–Crippen MR) is 82.9 cm³/mol. The number of nitrogens with zero attached hydrogens (tertiary/aromatic N) is 3. The van der Waals surface area contributed by atoms with E-state index < -0.39 is 0 Å². The van der Waals surface area contributed by atoms with Gasteiger partial charge in [-0.25, -0.2) is 4.98 Å². The van der Waals surface area contributed by atoms with E-state index >= 15 is 0 Å². The molecule has 0 aliphatic rings. The molecule has 0 aliphatic carbocycles. The van der Waals surface area contributed by atoms with Gasteiger partial charge in [0.1, 0.15) is 17.3 Å². The largest absolute Gasteiger partial charge is 0.496 e. The van der Waals surface area contributed by atoms with Crippen molar-refractivity contribution in [3.05, 3.63) is 27.0 Å². The summed E-state index contributed by atoms with van der Waals surface area (Å²) in [7, 11) is 1.64. The molecule has 0 atom stereocenters. The third-order valence-corrected chi connectivity index (χ3v) is 4.61. The number of hydrogen-bond donors (Lipinski definition) is 1. The fourth-order valence-electron chi connectivity index (χ4n) is 2.23. The van der Waals surface area contributed by atoms with Gasteiger partial charge in [0.2, 0.25) is 0 Å². The van der Waals surface area contributed by atoms with E-state index in [9.17, 15) is 0 Å². The van der Waals surface area contributed by atoms with Gasteiger partial charge < -0.3 is 10.5 Å². The lowest BCUT2D eigenvalue weighted by Gasteiger charge is -2.18. The number of halogens is 1. The molecule has 1 aromatic carbocycles. The number of nitrogen functional groups attached to an aromatic ring is 1. The van der Waals surface area contributed by atoms with E-state index in [4.69, 9.17) is 10.5 Å². The molecule has 2 N–H and O–H groups in total. The van der Waals surface area contributed by atoms with Crippen molar-refractivity contribution in [2.75, 3.05) is 12.8 Å². The van der Waals surface area contributed by atoms with Gasteiger partial charge in [-0.3, -0.25) is 0 Å². The third kappa shape index (κ3) is 2.24. The highest BCUT2D eigenvalue weighted by Gasteiger charge is 2.21. The van der Waals surface area contributed by atoms with Crippen LogP contribution in [0, 0.1) is 27.7 Å². The van der Waals surface area contributed by atoms with Crippen LogP contribution in [0.25, 0.3) is 11.3 Å². The minimum Gasteiger partial charge on any atom is -0.496 e. The molecule has 6 heteroatoms. The SMILES string of the molecule is COc1c(C)c(C)c(Br)c(C)c1-c1nnc(C)nc1N. The van der Waals surface area contributed by atoms with Crippen molar-refractivity contribution in [1.29, 1.82) is 0 Å². The summed E-state index contributed by atoms with van der Waals surface area (Å²) in [6, 6.07) is 0. The van der Waals surface area contributed by atoms with Crippen molar-refractivity contribution < 1.29 is 4.74 Å². The van der Waals surface area contributed by atoms with Crippen LogP contribution < -0.4 is 10.5 Å². The van der Waals surface area contributed by atoms with E-state index in [2.05, 4.69) is 31.1 Å². The summed E-state index contributed by atoms with van der Waals surface area (Å²) < 4.78 is 6.58. The zero-order valence-corrected chi connectivity index (χ0v) is 13.8. The number of methoxy groups -OCH3 is 1. The summed E-state index contributed by atoms with van der Waals surface area (Å²) in [6.45, 7) is 7.80. The van der Waals surface area contributed by atoms with Gasteiger partial charge in [-0.15, -0.1) is 10.2 Å².